The van der Waals surface area contributed by atoms with E-state index in [-0.39, 0.29) is 5.82 Å². The van der Waals surface area contributed by atoms with Gasteiger partial charge in [-0.2, -0.15) is 0 Å². The molecule has 0 amide bonds. The number of hydrogen-bond donors (Lipinski definition) is 1. The maximum atomic E-state index is 14.1. The van der Waals surface area contributed by atoms with E-state index in [1.807, 2.05) is 49.3 Å². The third kappa shape index (κ3) is 3.58. The fourth-order valence-corrected chi connectivity index (χ4v) is 2.53. The van der Waals surface area contributed by atoms with Crippen molar-refractivity contribution in [3.05, 3.63) is 63.9 Å². The van der Waals surface area contributed by atoms with Gasteiger partial charge in [-0.15, -0.1) is 0 Å². The van der Waals surface area contributed by atoms with Crippen molar-refractivity contribution in [2.45, 2.75) is 13.1 Å². The molecule has 0 aromatic heterocycles. The van der Waals surface area contributed by atoms with Gasteiger partial charge >= 0.3 is 0 Å². The quantitative estimate of drug-likeness (QED) is 0.889. The second-order valence-corrected chi connectivity index (χ2v) is 5.68. The zero-order valence-electron chi connectivity index (χ0n) is 11.7. The predicted molar refractivity (Wildman–Crippen MR) is 85.4 cm³/mol. The molecule has 0 bridgehead atoms. The molecule has 1 N–H and O–H groups in total. The van der Waals surface area contributed by atoms with Gasteiger partial charge in [0.25, 0.3) is 0 Å². The summed E-state index contributed by atoms with van der Waals surface area (Å²) in [7, 11) is 3.78. The first kappa shape index (κ1) is 15.0. The molecule has 0 saturated heterocycles. The predicted octanol–water partition coefficient (Wildman–Crippen LogP) is 3.94. The molecule has 0 aliphatic heterocycles. The molecule has 0 heterocycles. The van der Waals surface area contributed by atoms with Crippen LogP contribution in [0.5, 0.6) is 0 Å². The zero-order chi connectivity index (χ0) is 14.5. The highest BCUT2D eigenvalue weighted by molar-refractivity contribution is 9.10. The number of halogens is 2. The summed E-state index contributed by atoms with van der Waals surface area (Å²) in [6.07, 6.45) is 0. The molecule has 0 unspecified atom stereocenters. The zero-order valence-corrected chi connectivity index (χ0v) is 13.2. The lowest BCUT2D eigenvalue weighted by Crippen LogP contribution is -2.21. The molecule has 0 aliphatic carbocycles. The summed E-state index contributed by atoms with van der Waals surface area (Å²) in [5.74, 6) is -0.183. The molecule has 2 nitrogen and oxygen atoms in total. The highest BCUT2D eigenvalue weighted by Crippen LogP contribution is 2.25. The van der Waals surface area contributed by atoms with Crippen LogP contribution in [0, 0.1) is 5.82 Å². The molecule has 0 atom stereocenters. The van der Waals surface area contributed by atoms with Crippen LogP contribution in [0.15, 0.2) is 46.9 Å². The van der Waals surface area contributed by atoms with E-state index >= 15 is 0 Å². The highest BCUT2D eigenvalue weighted by Gasteiger charge is 2.12. The van der Waals surface area contributed by atoms with Crippen LogP contribution in [-0.4, -0.2) is 14.1 Å². The van der Waals surface area contributed by atoms with Crippen LogP contribution in [0.1, 0.15) is 11.1 Å². The highest BCUT2D eigenvalue weighted by atomic mass is 79.9. The fraction of sp³-hybridized carbons (Fsp3) is 0.250. The molecule has 0 spiro atoms. The van der Waals surface area contributed by atoms with Gasteiger partial charge < -0.3 is 10.2 Å². The Morgan fingerprint density at radius 2 is 1.85 bits per heavy atom. The second kappa shape index (κ2) is 6.86. The molecule has 2 aromatic carbocycles. The van der Waals surface area contributed by atoms with Gasteiger partial charge in [0.05, 0.1) is 5.69 Å². The Morgan fingerprint density at radius 1 is 1.15 bits per heavy atom. The normalized spacial score (nSPS) is 10.6. The van der Waals surface area contributed by atoms with Gasteiger partial charge in [-0.1, -0.05) is 40.2 Å². The summed E-state index contributed by atoms with van der Waals surface area (Å²) in [5.41, 5.74) is 2.77. The van der Waals surface area contributed by atoms with Crippen LogP contribution in [-0.2, 0) is 13.1 Å². The molecule has 0 radical (unpaired) electrons. The number of anilines is 1. The van der Waals surface area contributed by atoms with Crippen LogP contribution < -0.4 is 10.2 Å². The largest absolute Gasteiger partial charge is 0.368 e. The lowest BCUT2D eigenvalue weighted by atomic mass is 10.1. The Labute approximate surface area is 127 Å². The molecule has 2 rings (SSSR count). The van der Waals surface area contributed by atoms with Crippen LogP contribution in [0.3, 0.4) is 0 Å². The first-order chi connectivity index (χ1) is 9.61. The average Bonchev–Trinajstić information content (AvgIpc) is 2.42. The van der Waals surface area contributed by atoms with Crippen molar-refractivity contribution < 1.29 is 4.39 Å². The van der Waals surface area contributed by atoms with Gasteiger partial charge in [0.15, 0.2) is 0 Å². The third-order valence-electron chi connectivity index (χ3n) is 3.15. The van der Waals surface area contributed by atoms with E-state index in [2.05, 4.69) is 21.2 Å². The van der Waals surface area contributed by atoms with Gasteiger partial charge in [0, 0.05) is 24.6 Å². The second-order valence-electron chi connectivity index (χ2n) is 4.76. The number of hydrogen-bond acceptors (Lipinski definition) is 2. The van der Waals surface area contributed by atoms with E-state index in [1.165, 1.54) is 6.07 Å². The van der Waals surface area contributed by atoms with Gasteiger partial charge in [-0.25, -0.2) is 4.39 Å². The van der Waals surface area contributed by atoms with Crippen molar-refractivity contribution in [1.29, 1.82) is 0 Å². The first-order valence-corrected chi connectivity index (χ1v) is 7.28. The van der Waals surface area contributed by atoms with Crippen molar-refractivity contribution >= 4 is 21.6 Å². The summed E-state index contributed by atoms with van der Waals surface area (Å²) in [5, 5.41) is 3.08. The number of benzene rings is 2. The minimum absolute atomic E-state index is 0.183. The van der Waals surface area contributed by atoms with E-state index in [4.69, 9.17) is 0 Å². The first-order valence-electron chi connectivity index (χ1n) is 6.49. The van der Waals surface area contributed by atoms with Gasteiger partial charge in [-0.05, 0) is 36.4 Å². The molecule has 0 fully saturated rings. The molecule has 2 aromatic rings. The number of para-hydroxylation sites is 1. The molecule has 20 heavy (non-hydrogen) atoms. The average molecular weight is 337 g/mol. The Morgan fingerprint density at radius 3 is 2.50 bits per heavy atom. The van der Waals surface area contributed by atoms with Gasteiger partial charge in [0.1, 0.15) is 5.82 Å². The maximum Gasteiger partial charge on any atom is 0.146 e. The Balaban J connectivity index is 2.24. The Kier molecular flexibility index (Phi) is 5.15. The number of rotatable bonds is 5. The fourth-order valence-electron chi connectivity index (χ4n) is 2.26. The summed E-state index contributed by atoms with van der Waals surface area (Å²) in [6, 6.07) is 13.3. The lowest BCUT2D eigenvalue weighted by Gasteiger charge is -2.23. The van der Waals surface area contributed by atoms with E-state index < -0.39 is 0 Å². The summed E-state index contributed by atoms with van der Waals surface area (Å²) < 4.78 is 15.2. The van der Waals surface area contributed by atoms with Gasteiger partial charge in [0.2, 0.25) is 0 Å². The smallest absolute Gasteiger partial charge is 0.146 e. The van der Waals surface area contributed by atoms with E-state index in [0.717, 1.165) is 15.6 Å². The summed E-state index contributed by atoms with van der Waals surface area (Å²) in [6.45, 7) is 1.32. The van der Waals surface area contributed by atoms with Gasteiger partial charge in [-0.3, -0.25) is 0 Å². The molecule has 0 saturated carbocycles. The maximum absolute atomic E-state index is 14.1. The third-order valence-corrected chi connectivity index (χ3v) is 3.68. The van der Waals surface area contributed by atoms with E-state index in [0.29, 0.717) is 18.8 Å². The van der Waals surface area contributed by atoms with Crippen LogP contribution in [0.2, 0.25) is 0 Å². The van der Waals surface area contributed by atoms with Crippen LogP contribution >= 0.6 is 15.9 Å². The van der Waals surface area contributed by atoms with Crippen molar-refractivity contribution in [3.8, 4) is 0 Å². The number of nitrogens with zero attached hydrogens (tertiary/aromatic N) is 1. The lowest BCUT2D eigenvalue weighted by molar-refractivity contribution is 0.617. The van der Waals surface area contributed by atoms with Crippen molar-refractivity contribution in [3.63, 3.8) is 0 Å². The summed E-state index contributed by atoms with van der Waals surface area (Å²) in [4.78, 5) is 1.95. The molecule has 106 valence electrons. The standard InChI is InChI=1S/C16H18BrFN2/c1-19-10-13-4-3-5-15(18)16(13)20(2)11-12-6-8-14(17)9-7-12/h3-9,19H,10-11H2,1-2H3. The summed E-state index contributed by atoms with van der Waals surface area (Å²) >= 11 is 3.42. The minimum Gasteiger partial charge on any atom is -0.368 e. The van der Waals surface area contributed by atoms with Crippen molar-refractivity contribution in [2.75, 3.05) is 19.0 Å². The molecular formula is C16H18BrFN2. The molecule has 0 aliphatic rings. The van der Waals surface area contributed by atoms with Crippen LogP contribution in [0.25, 0.3) is 0 Å². The molecule has 4 heteroatoms. The Hall–Kier alpha value is -1.39. The minimum atomic E-state index is -0.183. The number of nitrogens with one attached hydrogen (secondary N) is 1. The monoisotopic (exact) mass is 336 g/mol. The molecular weight excluding hydrogens is 319 g/mol. The van der Waals surface area contributed by atoms with Crippen molar-refractivity contribution in [2.24, 2.45) is 0 Å². The van der Waals surface area contributed by atoms with Crippen molar-refractivity contribution in [1.82, 2.24) is 5.32 Å². The van der Waals surface area contributed by atoms with E-state index in [9.17, 15) is 4.39 Å². The topological polar surface area (TPSA) is 15.3 Å². The Bertz CT molecular complexity index is 569. The van der Waals surface area contributed by atoms with E-state index in [1.54, 1.807) is 6.07 Å². The SMILES string of the molecule is CNCc1cccc(F)c1N(C)Cc1ccc(Br)cc1. The van der Waals surface area contributed by atoms with Crippen LogP contribution in [0.4, 0.5) is 10.1 Å².